The molecule has 3 N–H and O–H groups in total. The number of nitrogens with zero attached hydrogens (tertiary/aromatic N) is 1. The van der Waals surface area contributed by atoms with Gasteiger partial charge in [0.05, 0.1) is 11.4 Å². The lowest BCUT2D eigenvalue weighted by molar-refractivity contribution is -0.119. The normalized spacial score (nSPS) is 16.3. The second kappa shape index (κ2) is 8.18. The van der Waals surface area contributed by atoms with Gasteiger partial charge < -0.3 is 11.1 Å². The molecule has 21 heavy (non-hydrogen) atoms. The van der Waals surface area contributed by atoms with Gasteiger partial charge in [-0.1, -0.05) is 11.8 Å². The lowest BCUT2D eigenvalue weighted by Crippen LogP contribution is -2.37. The van der Waals surface area contributed by atoms with Crippen LogP contribution in [0.15, 0.2) is 12.1 Å². The van der Waals surface area contributed by atoms with Crippen molar-refractivity contribution in [1.82, 2.24) is 10.2 Å². The van der Waals surface area contributed by atoms with Crippen molar-refractivity contribution in [2.24, 2.45) is 11.7 Å². The van der Waals surface area contributed by atoms with Crippen molar-refractivity contribution in [3.05, 3.63) is 21.9 Å². The molecule has 1 saturated heterocycles. The van der Waals surface area contributed by atoms with Crippen LogP contribution in [0.1, 0.15) is 29.5 Å². The van der Waals surface area contributed by atoms with E-state index in [-0.39, 0.29) is 5.91 Å². The van der Waals surface area contributed by atoms with Gasteiger partial charge in [-0.2, -0.15) is 0 Å². The van der Waals surface area contributed by atoms with Crippen LogP contribution in [0.5, 0.6) is 0 Å². The lowest BCUT2D eigenvalue weighted by Gasteiger charge is -2.31. The van der Waals surface area contributed by atoms with Crippen LogP contribution in [-0.2, 0) is 11.3 Å². The van der Waals surface area contributed by atoms with E-state index in [4.69, 9.17) is 5.73 Å². The van der Waals surface area contributed by atoms with E-state index in [1.165, 1.54) is 4.88 Å². The number of rotatable bonds is 4. The number of piperidine rings is 1. The molecule has 0 aliphatic carbocycles. The van der Waals surface area contributed by atoms with E-state index in [9.17, 15) is 4.79 Å². The van der Waals surface area contributed by atoms with Crippen LogP contribution in [0.2, 0.25) is 0 Å². The molecule has 4 nitrogen and oxygen atoms in total. The van der Waals surface area contributed by atoms with E-state index in [0.717, 1.165) is 43.9 Å². The molecule has 2 rings (SSSR count). The van der Waals surface area contributed by atoms with Gasteiger partial charge in [0.25, 0.3) is 0 Å². The van der Waals surface area contributed by atoms with Crippen LogP contribution in [0.4, 0.5) is 0 Å². The SMILES string of the molecule is CC(=O)NCC1CCN(Cc2ccc(C#CCN)s2)CC1. The fourth-order valence-corrected chi connectivity index (χ4v) is 3.45. The second-order valence-corrected chi connectivity index (χ2v) is 6.60. The van der Waals surface area contributed by atoms with Crippen LogP contribution >= 0.6 is 11.3 Å². The molecule has 5 heteroatoms. The van der Waals surface area contributed by atoms with Gasteiger partial charge in [-0.25, -0.2) is 0 Å². The number of likely N-dealkylation sites (tertiary alicyclic amines) is 1. The third-order valence-corrected chi connectivity index (χ3v) is 4.69. The zero-order valence-corrected chi connectivity index (χ0v) is 13.3. The summed E-state index contributed by atoms with van der Waals surface area (Å²) in [5.41, 5.74) is 5.39. The minimum absolute atomic E-state index is 0.0714. The molecule has 0 unspecified atom stereocenters. The Bertz CT molecular complexity index is 521. The van der Waals surface area contributed by atoms with Crippen molar-refractivity contribution < 1.29 is 4.79 Å². The van der Waals surface area contributed by atoms with Gasteiger partial charge in [0.1, 0.15) is 0 Å². The van der Waals surface area contributed by atoms with Crippen LogP contribution in [0.3, 0.4) is 0 Å². The Balaban J connectivity index is 1.75. The van der Waals surface area contributed by atoms with E-state index in [0.29, 0.717) is 12.5 Å². The molecule has 1 amide bonds. The lowest BCUT2D eigenvalue weighted by atomic mass is 9.97. The quantitative estimate of drug-likeness (QED) is 0.827. The molecule has 1 aliphatic rings. The van der Waals surface area contributed by atoms with Gasteiger partial charge in [0, 0.05) is 24.9 Å². The summed E-state index contributed by atoms with van der Waals surface area (Å²) in [6.45, 7) is 6.02. The van der Waals surface area contributed by atoms with Crippen LogP contribution in [0.25, 0.3) is 0 Å². The molecule has 0 atom stereocenters. The molecule has 0 bridgehead atoms. The van der Waals surface area contributed by atoms with E-state index in [1.54, 1.807) is 18.3 Å². The Labute approximate surface area is 130 Å². The number of nitrogens with one attached hydrogen (secondary N) is 1. The third kappa shape index (κ3) is 5.50. The molecule has 1 aliphatic heterocycles. The molecule has 2 heterocycles. The standard InChI is InChI=1S/C16H23N3OS/c1-13(20)18-11-14-6-9-19(10-7-14)12-16-5-4-15(21-16)3-2-8-17/h4-5,14H,6-12,17H2,1H3,(H,18,20). The Morgan fingerprint density at radius 3 is 2.90 bits per heavy atom. The molecule has 0 aromatic carbocycles. The van der Waals surface area contributed by atoms with E-state index < -0.39 is 0 Å². The van der Waals surface area contributed by atoms with Crippen molar-refractivity contribution in [1.29, 1.82) is 0 Å². The van der Waals surface area contributed by atoms with Crippen molar-refractivity contribution >= 4 is 17.2 Å². The Kier molecular flexibility index (Phi) is 6.24. The Morgan fingerprint density at radius 2 is 2.24 bits per heavy atom. The summed E-state index contributed by atoms with van der Waals surface area (Å²) in [6.07, 6.45) is 2.32. The Morgan fingerprint density at radius 1 is 1.48 bits per heavy atom. The highest BCUT2D eigenvalue weighted by atomic mass is 32.1. The van der Waals surface area contributed by atoms with Gasteiger partial charge in [-0.3, -0.25) is 9.69 Å². The van der Waals surface area contributed by atoms with E-state index >= 15 is 0 Å². The first-order chi connectivity index (χ1) is 10.2. The van der Waals surface area contributed by atoms with Gasteiger partial charge in [-0.15, -0.1) is 11.3 Å². The number of hydrogen-bond donors (Lipinski definition) is 2. The van der Waals surface area contributed by atoms with Crippen molar-refractivity contribution in [3.63, 3.8) is 0 Å². The monoisotopic (exact) mass is 305 g/mol. The number of amides is 1. The van der Waals surface area contributed by atoms with Crippen molar-refractivity contribution in [2.75, 3.05) is 26.2 Å². The third-order valence-electron chi connectivity index (χ3n) is 3.70. The maximum atomic E-state index is 10.9. The second-order valence-electron chi connectivity index (χ2n) is 5.43. The van der Waals surface area contributed by atoms with Gasteiger partial charge in [0.2, 0.25) is 5.91 Å². The maximum Gasteiger partial charge on any atom is 0.216 e. The maximum absolute atomic E-state index is 10.9. The van der Waals surface area contributed by atoms with Crippen LogP contribution in [0, 0.1) is 17.8 Å². The zero-order chi connectivity index (χ0) is 15.1. The predicted molar refractivity (Wildman–Crippen MR) is 86.9 cm³/mol. The van der Waals surface area contributed by atoms with Crippen LogP contribution in [-0.4, -0.2) is 37.0 Å². The Hall–Kier alpha value is -1.35. The number of hydrogen-bond acceptors (Lipinski definition) is 4. The molecule has 1 aromatic heterocycles. The topological polar surface area (TPSA) is 58.4 Å². The molecule has 114 valence electrons. The highest BCUT2D eigenvalue weighted by Crippen LogP contribution is 2.22. The molecule has 1 fully saturated rings. The number of thiophene rings is 1. The van der Waals surface area contributed by atoms with Crippen molar-refractivity contribution in [2.45, 2.75) is 26.3 Å². The fourth-order valence-electron chi connectivity index (χ4n) is 2.53. The highest BCUT2D eigenvalue weighted by Gasteiger charge is 2.19. The highest BCUT2D eigenvalue weighted by molar-refractivity contribution is 7.12. The van der Waals surface area contributed by atoms with Crippen LogP contribution < -0.4 is 11.1 Å². The average molecular weight is 305 g/mol. The predicted octanol–water partition coefficient (Wildman–Crippen LogP) is 1.41. The largest absolute Gasteiger partial charge is 0.356 e. The smallest absolute Gasteiger partial charge is 0.216 e. The zero-order valence-electron chi connectivity index (χ0n) is 12.5. The summed E-state index contributed by atoms with van der Waals surface area (Å²) in [5.74, 6) is 6.67. The first-order valence-electron chi connectivity index (χ1n) is 7.42. The van der Waals surface area contributed by atoms with E-state index in [1.807, 2.05) is 0 Å². The van der Waals surface area contributed by atoms with Crippen molar-refractivity contribution in [3.8, 4) is 11.8 Å². The molecular weight excluding hydrogens is 282 g/mol. The minimum Gasteiger partial charge on any atom is -0.356 e. The summed E-state index contributed by atoms with van der Waals surface area (Å²) < 4.78 is 0. The molecule has 0 saturated carbocycles. The molecule has 0 spiro atoms. The molecular formula is C16H23N3OS. The summed E-state index contributed by atoms with van der Waals surface area (Å²) in [7, 11) is 0. The summed E-state index contributed by atoms with van der Waals surface area (Å²) in [6, 6.07) is 4.24. The van der Waals surface area contributed by atoms with E-state index in [2.05, 4.69) is 34.2 Å². The first kappa shape index (κ1) is 16.0. The van der Waals surface area contributed by atoms with Gasteiger partial charge in [0.15, 0.2) is 0 Å². The number of carbonyl (C=O) groups is 1. The summed E-state index contributed by atoms with van der Waals surface area (Å²) in [4.78, 5) is 15.9. The average Bonchev–Trinajstić information content (AvgIpc) is 2.92. The molecule has 1 aromatic rings. The summed E-state index contributed by atoms with van der Waals surface area (Å²) in [5, 5.41) is 2.92. The fraction of sp³-hybridized carbons (Fsp3) is 0.562. The molecule has 0 radical (unpaired) electrons. The summed E-state index contributed by atoms with van der Waals surface area (Å²) >= 11 is 1.75. The first-order valence-corrected chi connectivity index (χ1v) is 8.23. The van der Waals surface area contributed by atoms with Gasteiger partial charge >= 0.3 is 0 Å². The minimum atomic E-state index is 0.0714. The van der Waals surface area contributed by atoms with Gasteiger partial charge in [-0.05, 0) is 44.0 Å². The number of carbonyl (C=O) groups excluding carboxylic acids is 1. The number of nitrogens with two attached hydrogens (primary N) is 1.